The van der Waals surface area contributed by atoms with Crippen LogP contribution in [0.25, 0.3) is 0 Å². The molecule has 0 unspecified atom stereocenters. The van der Waals surface area contributed by atoms with Gasteiger partial charge in [-0.05, 0) is 38.1 Å². The van der Waals surface area contributed by atoms with E-state index >= 15 is 0 Å². The summed E-state index contributed by atoms with van der Waals surface area (Å²) in [5, 5.41) is 8.72. The number of rotatable bonds is 4. The van der Waals surface area contributed by atoms with Crippen molar-refractivity contribution in [2.75, 3.05) is 0 Å². The van der Waals surface area contributed by atoms with E-state index in [0.717, 1.165) is 5.56 Å². The van der Waals surface area contributed by atoms with E-state index < -0.39 is 12.1 Å². The Morgan fingerprint density at radius 2 is 1.55 bits per heavy atom. The van der Waals surface area contributed by atoms with Crippen molar-refractivity contribution in [3.8, 4) is 6.07 Å². The number of carbonyl (C=O) groups is 2. The molecule has 2 aromatic rings. The molecule has 0 aliphatic carbocycles. The predicted octanol–water partition coefficient (Wildman–Crippen LogP) is 3.29. The fraction of sp³-hybridized carbons (Fsp3) is 0.167. The van der Waals surface area contributed by atoms with E-state index in [1.54, 1.807) is 19.1 Å². The molecule has 4 heteroatoms. The first-order chi connectivity index (χ1) is 10.5. The van der Waals surface area contributed by atoms with Gasteiger partial charge in [0, 0.05) is 5.56 Å². The van der Waals surface area contributed by atoms with E-state index in [1.807, 2.05) is 25.1 Å². The van der Waals surface area contributed by atoms with Crippen LogP contribution in [0.4, 0.5) is 0 Å². The Kier molecular flexibility index (Phi) is 4.70. The van der Waals surface area contributed by atoms with E-state index in [0.29, 0.717) is 16.7 Å². The molecule has 2 aromatic carbocycles. The number of ketones is 1. The second kappa shape index (κ2) is 6.68. The molecule has 2 rings (SSSR count). The van der Waals surface area contributed by atoms with Crippen molar-refractivity contribution >= 4 is 11.8 Å². The lowest BCUT2D eigenvalue weighted by molar-refractivity contribution is 0.0319. The smallest absolute Gasteiger partial charge is 0.338 e. The van der Waals surface area contributed by atoms with Gasteiger partial charge in [-0.25, -0.2) is 4.79 Å². The van der Waals surface area contributed by atoms with E-state index in [1.165, 1.54) is 24.3 Å². The fourth-order valence-corrected chi connectivity index (χ4v) is 1.92. The second-order valence-corrected chi connectivity index (χ2v) is 4.97. The summed E-state index contributed by atoms with van der Waals surface area (Å²) in [6, 6.07) is 15.1. The maximum Gasteiger partial charge on any atom is 0.338 e. The van der Waals surface area contributed by atoms with Gasteiger partial charge < -0.3 is 4.74 Å². The highest BCUT2D eigenvalue weighted by Crippen LogP contribution is 2.11. The number of benzene rings is 2. The number of esters is 1. The third kappa shape index (κ3) is 3.58. The SMILES string of the molecule is Cc1ccc(C(=O)[C@H](C)OC(=O)c2ccc(C#N)cc2)cc1. The van der Waals surface area contributed by atoms with E-state index in [4.69, 9.17) is 10.00 Å². The molecule has 0 spiro atoms. The number of hydrogen-bond acceptors (Lipinski definition) is 4. The number of aryl methyl sites for hydroxylation is 1. The lowest BCUT2D eigenvalue weighted by Gasteiger charge is -2.12. The Bertz CT molecular complexity index is 724. The van der Waals surface area contributed by atoms with Gasteiger partial charge in [-0.15, -0.1) is 0 Å². The molecule has 0 N–H and O–H groups in total. The standard InChI is InChI=1S/C18H15NO3/c1-12-3-7-15(8-4-12)17(20)13(2)22-18(21)16-9-5-14(11-19)6-10-16/h3-10,13H,1-2H3/t13-/m0/s1. The number of ether oxygens (including phenoxy) is 1. The van der Waals surface area contributed by atoms with Crippen LogP contribution in [-0.2, 0) is 4.74 Å². The zero-order chi connectivity index (χ0) is 16.1. The first-order valence-electron chi connectivity index (χ1n) is 6.83. The molecular formula is C18H15NO3. The first kappa shape index (κ1) is 15.5. The van der Waals surface area contributed by atoms with Gasteiger partial charge in [0.2, 0.25) is 5.78 Å². The van der Waals surface area contributed by atoms with Crippen LogP contribution in [0.5, 0.6) is 0 Å². The van der Waals surface area contributed by atoms with Gasteiger partial charge in [-0.2, -0.15) is 5.26 Å². The molecule has 0 radical (unpaired) electrons. The van der Waals surface area contributed by atoms with Gasteiger partial charge in [0.25, 0.3) is 0 Å². The van der Waals surface area contributed by atoms with Gasteiger partial charge in [0.15, 0.2) is 6.10 Å². The topological polar surface area (TPSA) is 67.2 Å². The Morgan fingerprint density at radius 1 is 1.00 bits per heavy atom. The lowest BCUT2D eigenvalue weighted by atomic mass is 10.1. The Labute approximate surface area is 129 Å². The van der Waals surface area contributed by atoms with Gasteiger partial charge in [0.1, 0.15) is 0 Å². The van der Waals surface area contributed by atoms with E-state index in [9.17, 15) is 9.59 Å². The zero-order valence-corrected chi connectivity index (χ0v) is 12.4. The molecule has 1 atom stereocenters. The van der Waals surface area contributed by atoms with Gasteiger partial charge >= 0.3 is 5.97 Å². The zero-order valence-electron chi connectivity index (χ0n) is 12.4. The van der Waals surface area contributed by atoms with Crippen LogP contribution in [0.1, 0.15) is 38.8 Å². The summed E-state index contributed by atoms with van der Waals surface area (Å²) >= 11 is 0. The number of Topliss-reactive ketones (excluding diaryl/α,β-unsaturated/α-hetero) is 1. The lowest BCUT2D eigenvalue weighted by Crippen LogP contribution is -2.24. The summed E-state index contributed by atoms with van der Waals surface area (Å²) in [5.41, 5.74) is 2.33. The predicted molar refractivity (Wildman–Crippen MR) is 81.5 cm³/mol. The highest BCUT2D eigenvalue weighted by Gasteiger charge is 2.20. The molecular weight excluding hydrogens is 278 g/mol. The third-order valence-corrected chi connectivity index (χ3v) is 3.24. The average molecular weight is 293 g/mol. The van der Waals surface area contributed by atoms with E-state index in [2.05, 4.69) is 0 Å². The summed E-state index contributed by atoms with van der Waals surface area (Å²) in [6.45, 7) is 3.48. The summed E-state index contributed by atoms with van der Waals surface area (Å²) < 4.78 is 5.18. The molecule has 0 saturated heterocycles. The summed E-state index contributed by atoms with van der Waals surface area (Å²) in [4.78, 5) is 24.2. The molecule has 0 amide bonds. The number of hydrogen-bond donors (Lipinski definition) is 0. The highest BCUT2D eigenvalue weighted by atomic mass is 16.5. The van der Waals surface area contributed by atoms with Crippen LogP contribution in [0.3, 0.4) is 0 Å². The molecule has 0 aliphatic heterocycles. The average Bonchev–Trinajstić information content (AvgIpc) is 2.54. The molecule has 0 fully saturated rings. The minimum atomic E-state index is -0.870. The molecule has 22 heavy (non-hydrogen) atoms. The van der Waals surface area contributed by atoms with Crippen LogP contribution in [-0.4, -0.2) is 17.9 Å². The van der Waals surface area contributed by atoms with Crippen molar-refractivity contribution in [3.05, 3.63) is 70.8 Å². The molecule has 110 valence electrons. The normalized spacial score (nSPS) is 11.3. The highest BCUT2D eigenvalue weighted by molar-refractivity contribution is 6.01. The van der Waals surface area contributed by atoms with Gasteiger partial charge in [0.05, 0.1) is 17.2 Å². The van der Waals surface area contributed by atoms with Gasteiger partial charge in [-0.3, -0.25) is 4.79 Å². The molecule has 0 saturated carbocycles. The van der Waals surface area contributed by atoms with Crippen molar-refractivity contribution in [1.29, 1.82) is 5.26 Å². The van der Waals surface area contributed by atoms with Crippen LogP contribution in [0, 0.1) is 18.3 Å². The Balaban J connectivity index is 2.05. The van der Waals surface area contributed by atoms with Crippen LogP contribution >= 0.6 is 0 Å². The summed E-state index contributed by atoms with van der Waals surface area (Å²) in [5.74, 6) is -0.834. The fourth-order valence-electron chi connectivity index (χ4n) is 1.92. The number of nitriles is 1. The Hall–Kier alpha value is -2.93. The molecule has 0 bridgehead atoms. The van der Waals surface area contributed by atoms with Crippen LogP contribution in [0.15, 0.2) is 48.5 Å². The van der Waals surface area contributed by atoms with Crippen molar-refractivity contribution in [3.63, 3.8) is 0 Å². The summed E-state index contributed by atoms with van der Waals surface area (Å²) in [7, 11) is 0. The Morgan fingerprint density at radius 3 is 2.09 bits per heavy atom. The first-order valence-corrected chi connectivity index (χ1v) is 6.83. The van der Waals surface area contributed by atoms with Crippen molar-refractivity contribution < 1.29 is 14.3 Å². The van der Waals surface area contributed by atoms with Gasteiger partial charge in [-0.1, -0.05) is 29.8 Å². The number of nitrogens with zero attached hydrogens (tertiary/aromatic N) is 1. The molecule has 4 nitrogen and oxygen atoms in total. The molecule has 0 aliphatic rings. The minimum absolute atomic E-state index is 0.248. The van der Waals surface area contributed by atoms with E-state index in [-0.39, 0.29) is 5.78 Å². The largest absolute Gasteiger partial charge is 0.451 e. The number of carbonyl (C=O) groups excluding carboxylic acids is 2. The summed E-state index contributed by atoms with van der Waals surface area (Å²) in [6.07, 6.45) is -0.870. The van der Waals surface area contributed by atoms with Crippen molar-refractivity contribution in [2.45, 2.75) is 20.0 Å². The second-order valence-electron chi connectivity index (χ2n) is 4.97. The van der Waals surface area contributed by atoms with Crippen molar-refractivity contribution in [1.82, 2.24) is 0 Å². The molecule has 0 aromatic heterocycles. The van der Waals surface area contributed by atoms with Crippen molar-refractivity contribution in [2.24, 2.45) is 0 Å². The minimum Gasteiger partial charge on any atom is -0.451 e. The monoisotopic (exact) mass is 293 g/mol. The maximum atomic E-state index is 12.2. The molecule has 0 heterocycles. The van der Waals surface area contributed by atoms with Crippen LogP contribution in [0.2, 0.25) is 0 Å². The van der Waals surface area contributed by atoms with Crippen LogP contribution < -0.4 is 0 Å². The third-order valence-electron chi connectivity index (χ3n) is 3.24. The maximum absolute atomic E-state index is 12.2. The quantitative estimate of drug-likeness (QED) is 0.640.